The van der Waals surface area contributed by atoms with E-state index in [4.69, 9.17) is 0 Å². The summed E-state index contributed by atoms with van der Waals surface area (Å²) in [6, 6.07) is 13.3. The van der Waals surface area contributed by atoms with Crippen molar-refractivity contribution in [2.24, 2.45) is 4.99 Å². The highest BCUT2D eigenvalue weighted by atomic mass is 16.1. The minimum Gasteiger partial charge on any atom is -0.291 e. The first kappa shape index (κ1) is 16.3. The van der Waals surface area contributed by atoms with Crippen molar-refractivity contribution >= 4 is 28.3 Å². The molecule has 0 aliphatic heterocycles. The van der Waals surface area contributed by atoms with Gasteiger partial charge in [-0.15, -0.1) is 5.10 Å². The van der Waals surface area contributed by atoms with Crippen LogP contribution < -0.4 is 0 Å². The summed E-state index contributed by atoms with van der Waals surface area (Å²) < 4.78 is 1.51. The molecule has 1 atom stereocenters. The smallest absolute Gasteiger partial charge is 0.210 e. The number of nitrogens with zero attached hydrogens (tertiary/aromatic N) is 4. The maximum atomic E-state index is 13.3. The normalized spacial score (nSPS) is 19.2. The van der Waals surface area contributed by atoms with Crippen LogP contribution in [0.1, 0.15) is 47.5 Å². The molecule has 0 amide bonds. The Hall–Kier alpha value is -3.15. The van der Waals surface area contributed by atoms with Crippen LogP contribution in [-0.4, -0.2) is 37.8 Å². The highest BCUT2D eigenvalue weighted by Gasteiger charge is 2.41. The van der Waals surface area contributed by atoms with Crippen molar-refractivity contribution in [3.05, 3.63) is 59.7 Å². The van der Waals surface area contributed by atoms with Gasteiger partial charge in [0.25, 0.3) is 0 Å². The number of ketones is 2. The van der Waals surface area contributed by atoms with Crippen LogP contribution >= 0.6 is 0 Å². The number of Topliss-reactive ketones (excluding diaryl/α,β-unsaturated/α-hetero) is 2. The van der Waals surface area contributed by atoms with Crippen LogP contribution in [0.15, 0.2) is 53.5 Å². The number of hydrogen-bond acceptors (Lipinski definition) is 5. The van der Waals surface area contributed by atoms with Gasteiger partial charge >= 0.3 is 0 Å². The molecule has 26 heavy (non-hydrogen) atoms. The summed E-state index contributed by atoms with van der Waals surface area (Å²) >= 11 is 0. The third kappa shape index (κ3) is 2.54. The first-order valence-electron chi connectivity index (χ1n) is 8.44. The average molecular weight is 346 g/mol. The molecule has 6 heteroatoms. The van der Waals surface area contributed by atoms with E-state index in [1.165, 1.54) is 4.68 Å². The van der Waals surface area contributed by atoms with Crippen molar-refractivity contribution in [2.75, 3.05) is 0 Å². The molecule has 1 heterocycles. The summed E-state index contributed by atoms with van der Waals surface area (Å²) in [5.41, 5.74) is 1.85. The molecule has 0 spiro atoms. The highest BCUT2D eigenvalue weighted by Crippen LogP contribution is 2.30. The van der Waals surface area contributed by atoms with E-state index >= 15 is 0 Å². The van der Waals surface area contributed by atoms with Crippen LogP contribution in [-0.2, 0) is 0 Å². The predicted molar refractivity (Wildman–Crippen MR) is 98.9 cm³/mol. The summed E-state index contributed by atoms with van der Waals surface area (Å²) in [5.74, 6) is -0.432. The van der Waals surface area contributed by atoms with Gasteiger partial charge in [0.05, 0.1) is 11.1 Å². The number of para-hydroxylation sites is 1. The maximum absolute atomic E-state index is 13.3. The van der Waals surface area contributed by atoms with Crippen LogP contribution in [0.5, 0.6) is 0 Å². The molecule has 1 unspecified atom stereocenters. The molecule has 0 N–H and O–H groups in total. The quantitative estimate of drug-likeness (QED) is 0.677. The van der Waals surface area contributed by atoms with E-state index in [2.05, 4.69) is 15.3 Å². The minimum atomic E-state index is -0.913. The summed E-state index contributed by atoms with van der Waals surface area (Å²) in [7, 11) is 0. The monoisotopic (exact) mass is 346 g/mol. The van der Waals surface area contributed by atoms with Crippen molar-refractivity contribution in [3.63, 3.8) is 0 Å². The Balaban J connectivity index is 2.00. The van der Waals surface area contributed by atoms with Gasteiger partial charge in [-0.1, -0.05) is 41.6 Å². The van der Waals surface area contributed by atoms with Crippen molar-refractivity contribution in [1.82, 2.24) is 15.0 Å². The molecular formula is C20H18N4O2. The molecule has 2 aromatic carbocycles. The van der Waals surface area contributed by atoms with E-state index in [1.54, 1.807) is 24.3 Å². The first-order chi connectivity index (χ1) is 12.4. The SMILES string of the molecule is CC(C)(C)N=C1C(=O)c2ccccc2C(=O)C1n1nnc2ccccc21. The Morgan fingerprint density at radius 3 is 2.35 bits per heavy atom. The Morgan fingerprint density at radius 1 is 0.962 bits per heavy atom. The second kappa shape index (κ2) is 5.69. The van der Waals surface area contributed by atoms with Crippen molar-refractivity contribution in [2.45, 2.75) is 32.4 Å². The Morgan fingerprint density at radius 2 is 1.62 bits per heavy atom. The molecule has 1 aliphatic carbocycles. The van der Waals surface area contributed by atoms with Crippen molar-refractivity contribution in [3.8, 4) is 0 Å². The second-order valence-corrected chi connectivity index (χ2v) is 7.33. The summed E-state index contributed by atoms with van der Waals surface area (Å²) in [6.45, 7) is 5.69. The lowest BCUT2D eigenvalue weighted by Gasteiger charge is -2.27. The number of carbonyl (C=O) groups excluding carboxylic acids is 2. The molecule has 0 saturated carbocycles. The van der Waals surface area contributed by atoms with Gasteiger partial charge in [-0.25, -0.2) is 4.68 Å². The summed E-state index contributed by atoms with van der Waals surface area (Å²) in [5, 5.41) is 8.30. The Bertz CT molecular complexity index is 1070. The number of benzene rings is 2. The van der Waals surface area contributed by atoms with Gasteiger partial charge in [0.15, 0.2) is 11.8 Å². The number of fused-ring (bicyclic) bond motifs is 2. The zero-order chi connectivity index (χ0) is 18.5. The standard InChI is InChI=1S/C20H18N4O2/c1-20(2,3)21-16-17(24-15-11-7-6-10-14(15)22-23-24)19(26)13-9-5-4-8-12(13)18(16)25/h4-11,17H,1-3H3. The average Bonchev–Trinajstić information content (AvgIpc) is 3.02. The molecular weight excluding hydrogens is 328 g/mol. The summed E-state index contributed by atoms with van der Waals surface area (Å²) in [4.78, 5) is 31.0. The van der Waals surface area contributed by atoms with Crippen LogP contribution in [0.3, 0.4) is 0 Å². The molecule has 0 bridgehead atoms. The van der Waals surface area contributed by atoms with Crippen molar-refractivity contribution < 1.29 is 9.59 Å². The number of rotatable bonds is 1. The Labute approximate surface area is 150 Å². The fourth-order valence-corrected chi connectivity index (χ4v) is 3.21. The van der Waals surface area contributed by atoms with E-state index in [-0.39, 0.29) is 17.3 Å². The van der Waals surface area contributed by atoms with Crippen LogP contribution in [0.2, 0.25) is 0 Å². The van der Waals surface area contributed by atoms with Gasteiger partial charge in [0.2, 0.25) is 5.78 Å². The third-order valence-corrected chi connectivity index (χ3v) is 4.25. The van der Waals surface area contributed by atoms with Gasteiger partial charge in [0.1, 0.15) is 11.2 Å². The lowest BCUT2D eigenvalue weighted by molar-refractivity contribution is 0.0918. The number of carbonyl (C=O) groups is 2. The molecule has 1 aromatic heterocycles. The highest BCUT2D eigenvalue weighted by molar-refractivity contribution is 6.54. The number of hydrogen-bond donors (Lipinski definition) is 0. The predicted octanol–water partition coefficient (Wildman–Crippen LogP) is 3.29. The van der Waals surface area contributed by atoms with Gasteiger partial charge in [0, 0.05) is 11.1 Å². The largest absolute Gasteiger partial charge is 0.291 e. The molecule has 0 saturated heterocycles. The fraction of sp³-hybridized carbons (Fsp3) is 0.250. The molecule has 1 aliphatic rings. The van der Waals surface area contributed by atoms with Gasteiger partial charge < -0.3 is 0 Å². The summed E-state index contributed by atoms with van der Waals surface area (Å²) in [6.07, 6.45) is 0. The zero-order valence-electron chi connectivity index (χ0n) is 14.8. The zero-order valence-corrected chi connectivity index (χ0v) is 14.8. The lowest BCUT2D eigenvalue weighted by atomic mass is 9.84. The van der Waals surface area contributed by atoms with Crippen molar-refractivity contribution in [1.29, 1.82) is 0 Å². The maximum Gasteiger partial charge on any atom is 0.210 e. The van der Waals surface area contributed by atoms with Crippen LogP contribution in [0, 0.1) is 0 Å². The minimum absolute atomic E-state index is 0.196. The molecule has 4 rings (SSSR count). The van der Waals surface area contributed by atoms with E-state index < -0.39 is 11.6 Å². The van der Waals surface area contributed by atoms with Gasteiger partial charge in [-0.2, -0.15) is 0 Å². The first-order valence-corrected chi connectivity index (χ1v) is 8.44. The van der Waals surface area contributed by atoms with E-state index in [9.17, 15) is 9.59 Å². The van der Waals surface area contributed by atoms with Gasteiger partial charge in [-0.3, -0.25) is 14.6 Å². The molecule has 0 fully saturated rings. The molecule has 0 radical (unpaired) electrons. The van der Waals surface area contributed by atoms with E-state index in [0.29, 0.717) is 22.2 Å². The Kier molecular flexibility index (Phi) is 3.57. The molecule has 3 aromatic rings. The number of aliphatic imine (C=N–C) groups is 1. The van der Waals surface area contributed by atoms with Crippen LogP contribution in [0.4, 0.5) is 0 Å². The molecule has 130 valence electrons. The lowest BCUT2D eigenvalue weighted by Crippen LogP contribution is -2.40. The topological polar surface area (TPSA) is 77.2 Å². The third-order valence-electron chi connectivity index (χ3n) is 4.25. The van der Waals surface area contributed by atoms with E-state index in [1.807, 2.05) is 45.0 Å². The van der Waals surface area contributed by atoms with E-state index in [0.717, 1.165) is 0 Å². The van der Waals surface area contributed by atoms with Crippen LogP contribution in [0.25, 0.3) is 11.0 Å². The second-order valence-electron chi connectivity index (χ2n) is 7.33. The molecule has 6 nitrogen and oxygen atoms in total. The number of aromatic nitrogens is 3. The van der Waals surface area contributed by atoms with Gasteiger partial charge in [-0.05, 0) is 32.9 Å². The fourth-order valence-electron chi connectivity index (χ4n) is 3.21.